The molecule has 11 nitrogen and oxygen atoms in total. The molecule has 0 spiro atoms. The molecule has 0 aromatic heterocycles. The van der Waals surface area contributed by atoms with Crippen LogP contribution in [0.3, 0.4) is 0 Å². The van der Waals surface area contributed by atoms with Gasteiger partial charge in [0.1, 0.15) is 18.1 Å². The van der Waals surface area contributed by atoms with Crippen molar-refractivity contribution in [3.8, 4) is 0 Å². The van der Waals surface area contributed by atoms with Crippen LogP contribution < -0.4 is 27.4 Å². The molecule has 1 rings (SSSR count). The molecule has 4 amide bonds. The summed E-state index contributed by atoms with van der Waals surface area (Å²) in [5, 5.41) is 16.5. The van der Waals surface area contributed by atoms with Crippen molar-refractivity contribution < 1.29 is 29.1 Å². The molecule has 1 aromatic carbocycles. The molecule has 0 aliphatic carbocycles. The Morgan fingerprint density at radius 2 is 1.39 bits per heavy atom. The van der Waals surface area contributed by atoms with Gasteiger partial charge in [-0.3, -0.25) is 19.2 Å². The van der Waals surface area contributed by atoms with Crippen LogP contribution in [0.5, 0.6) is 0 Å². The first-order valence-corrected chi connectivity index (χ1v) is 11.3. The van der Waals surface area contributed by atoms with Crippen LogP contribution >= 0.6 is 25.3 Å². The van der Waals surface area contributed by atoms with Gasteiger partial charge in [-0.2, -0.15) is 25.3 Å². The normalized spacial score (nSPS) is 14.3. The van der Waals surface area contributed by atoms with Crippen molar-refractivity contribution in [3.63, 3.8) is 0 Å². The van der Waals surface area contributed by atoms with Crippen molar-refractivity contribution >= 4 is 54.9 Å². The Hall–Kier alpha value is -2.77. The molecular formula is C20H29N5O6S2. The molecular weight excluding hydrogens is 470 g/mol. The van der Waals surface area contributed by atoms with Gasteiger partial charge in [0.2, 0.25) is 23.6 Å². The quantitative estimate of drug-likeness (QED) is 0.139. The number of benzene rings is 1. The van der Waals surface area contributed by atoms with E-state index in [1.807, 2.05) is 0 Å². The molecule has 0 heterocycles. The maximum absolute atomic E-state index is 12.9. The molecule has 0 saturated carbocycles. The van der Waals surface area contributed by atoms with Crippen molar-refractivity contribution in [1.29, 1.82) is 0 Å². The highest BCUT2D eigenvalue weighted by Gasteiger charge is 2.29. The third-order valence-corrected chi connectivity index (χ3v) is 5.32. The number of carboxylic acids is 1. The second-order valence-electron chi connectivity index (χ2n) is 7.19. The van der Waals surface area contributed by atoms with Crippen LogP contribution in [0.1, 0.15) is 18.4 Å². The molecule has 4 atom stereocenters. The Labute approximate surface area is 202 Å². The summed E-state index contributed by atoms with van der Waals surface area (Å²) < 4.78 is 0. The van der Waals surface area contributed by atoms with Gasteiger partial charge in [0.15, 0.2) is 0 Å². The summed E-state index contributed by atoms with van der Waals surface area (Å²) in [5.74, 6) is -4.25. The molecule has 4 unspecified atom stereocenters. The summed E-state index contributed by atoms with van der Waals surface area (Å²) in [7, 11) is 0. The average molecular weight is 500 g/mol. The minimum Gasteiger partial charge on any atom is -0.480 e. The number of hydrogen-bond donors (Lipinski definition) is 8. The van der Waals surface area contributed by atoms with E-state index in [-0.39, 0.29) is 30.8 Å². The first-order chi connectivity index (χ1) is 15.6. The minimum absolute atomic E-state index is 0.0645. The van der Waals surface area contributed by atoms with Gasteiger partial charge in [0, 0.05) is 24.3 Å². The molecule has 13 heteroatoms. The zero-order chi connectivity index (χ0) is 25.0. The smallest absolute Gasteiger partial charge is 0.326 e. The standard InChI is InChI=1S/C20H29N5O6S2/c21-12(9-32)17(27)24-14(8-11-4-2-1-3-5-11)18(28)25-15(10-33)19(29)23-13(20(30)31)6-7-16(22)26/h1-5,12-15,32-33H,6-10,21H2,(H2,22,26)(H,23,29)(H,24,27)(H,25,28)(H,30,31). The number of carboxylic acid groups (broad SMARTS) is 1. The summed E-state index contributed by atoms with van der Waals surface area (Å²) in [6.45, 7) is 0. The van der Waals surface area contributed by atoms with E-state index in [4.69, 9.17) is 11.5 Å². The van der Waals surface area contributed by atoms with E-state index in [1.54, 1.807) is 30.3 Å². The SMILES string of the molecule is NC(=O)CCC(NC(=O)C(CS)NC(=O)C(Cc1ccccc1)NC(=O)C(N)CS)C(=O)O. The topological polar surface area (TPSA) is 194 Å². The van der Waals surface area contributed by atoms with Crippen molar-refractivity contribution in [3.05, 3.63) is 35.9 Å². The highest BCUT2D eigenvalue weighted by Crippen LogP contribution is 2.06. The fourth-order valence-corrected chi connectivity index (χ4v) is 3.13. The third-order valence-electron chi connectivity index (χ3n) is 4.56. The van der Waals surface area contributed by atoms with Gasteiger partial charge in [-0.1, -0.05) is 30.3 Å². The van der Waals surface area contributed by atoms with Crippen molar-refractivity contribution in [2.75, 3.05) is 11.5 Å². The first-order valence-electron chi connectivity index (χ1n) is 10.0. The number of carbonyl (C=O) groups excluding carboxylic acids is 4. The fraction of sp³-hybridized carbons (Fsp3) is 0.450. The van der Waals surface area contributed by atoms with Crippen LogP contribution in [0.2, 0.25) is 0 Å². The van der Waals surface area contributed by atoms with Gasteiger partial charge >= 0.3 is 5.97 Å². The van der Waals surface area contributed by atoms with Gasteiger partial charge in [-0.25, -0.2) is 4.79 Å². The number of primary amides is 1. The van der Waals surface area contributed by atoms with Crippen molar-refractivity contribution in [2.24, 2.45) is 11.5 Å². The summed E-state index contributed by atoms with van der Waals surface area (Å²) in [6.07, 6.45) is -0.335. The van der Waals surface area contributed by atoms with E-state index in [1.165, 1.54) is 0 Å². The Morgan fingerprint density at radius 3 is 1.91 bits per heavy atom. The predicted octanol–water partition coefficient (Wildman–Crippen LogP) is -1.78. The lowest BCUT2D eigenvalue weighted by molar-refractivity contribution is -0.142. The maximum Gasteiger partial charge on any atom is 0.326 e. The van der Waals surface area contributed by atoms with E-state index in [0.29, 0.717) is 0 Å². The monoisotopic (exact) mass is 499 g/mol. The van der Waals surface area contributed by atoms with Crippen LogP contribution in [0.25, 0.3) is 0 Å². The zero-order valence-corrected chi connectivity index (χ0v) is 19.6. The lowest BCUT2D eigenvalue weighted by Gasteiger charge is -2.24. The minimum atomic E-state index is -1.38. The molecule has 0 bridgehead atoms. The molecule has 8 N–H and O–H groups in total. The summed E-state index contributed by atoms with van der Waals surface area (Å²) in [4.78, 5) is 60.0. The molecule has 0 saturated heterocycles. The lowest BCUT2D eigenvalue weighted by atomic mass is 10.0. The largest absolute Gasteiger partial charge is 0.480 e. The Bertz CT molecular complexity index is 841. The molecule has 1 aromatic rings. The van der Waals surface area contributed by atoms with E-state index in [0.717, 1.165) is 5.56 Å². The Balaban J connectivity index is 2.93. The van der Waals surface area contributed by atoms with Crippen LogP contribution in [0, 0.1) is 0 Å². The van der Waals surface area contributed by atoms with Crippen LogP contribution in [-0.2, 0) is 30.4 Å². The molecule has 182 valence electrons. The number of thiol groups is 2. The van der Waals surface area contributed by atoms with Crippen LogP contribution in [0.4, 0.5) is 0 Å². The average Bonchev–Trinajstić information content (AvgIpc) is 2.78. The highest BCUT2D eigenvalue weighted by molar-refractivity contribution is 7.80. The molecule has 0 aliphatic heterocycles. The number of rotatable bonds is 14. The highest BCUT2D eigenvalue weighted by atomic mass is 32.1. The van der Waals surface area contributed by atoms with Crippen LogP contribution in [0.15, 0.2) is 30.3 Å². The molecule has 0 fully saturated rings. The Kier molecular flexibility index (Phi) is 12.3. The predicted molar refractivity (Wildman–Crippen MR) is 128 cm³/mol. The molecule has 0 radical (unpaired) electrons. The molecule has 0 aliphatic rings. The number of hydrogen-bond acceptors (Lipinski definition) is 8. The summed E-state index contributed by atoms with van der Waals surface area (Å²) in [6, 6.07) is 4.29. The zero-order valence-electron chi connectivity index (χ0n) is 17.8. The van der Waals surface area contributed by atoms with Crippen LogP contribution in [-0.4, -0.2) is 70.4 Å². The van der Waals surface area contributed by atoms with Gasteiger partial charge in [0.05, 0.1) is 6.04 Å². The second-order valence-corrected chi connectivity index (χ2v) is 7.92. The lowest BCUT2D eigenvalue weighted by Crippen LogP contribution is -2.58. The maximum atomic E-state index is 12.9. The van der Waals surface area contributed by atoms with Gasteiger partial charge in [-0.15, -0.1) is 0 Å². The summed E-state index contributed by atoms with van der Waals surface area (Å²) in [5.41, 5.74) is 11.5. The van der Waals surface area contributed by atoms with Crippen molar-refractivity contribution in [1.82, 2.24) is 16.0 Å². The number of nitrogens with two attached hydrogens (primary N) is 2. The van der Waals surface area contributed by atoms with E-state index < -0.39 is 53.8 Å². The van der Waals surface area contributed by atoms with Crippen molar-refractivity contribution in [2.45, 2.75) is 43.4 Å². The van der Waals surface area contributed by atoms with E-state index in [9.17, 15) is 29.1 Å². The van der Waals surface area contributed by atoms with E-state index in [2.05, 4.69) is 41.2 Å². The second kappa shape index (κ2) is 14.4. The number of nitrogens with one attached hydrogen (secondary N) is 3. The van der Waals surface area contributed by atoms with Gasteiger partial charge in [-0.05, 0) is 12.0 Å². The number of amides is 4. The van der Waals surface area contributed by atoms with E-state index >= 15 is 0 Å². The first kappa shape index (κ1) is 28.3. The van der Waals surface area contributed by atoms with Gasteiger partial charge < -0.3 is 32.5 Å². The summed E-state index contributed by atoms with van der Waals surface area (Å²) >= 11 is 8.04. The molecule has 33 heavy (non-hydrogen) atoms. The Morgan fingerprint density at radius 1 is 0.848 bits per heavy atom. The fourth-order valence-electron chi connectivity index (χ4n) is 2.70. The van der Waals surface area contributed by atoms with Gasteiger partial charge in [0.25, 0.3) is 0 Å². The number of aliphatic carboxylic acids is 1. The number of carbonyl (C=O) groups is 5. The third kappa shape index (κ3) is 10.1.